The molecule has 1 aliphatic rings. The molecule has 1 amide bonds. The predicted molar refractivity (Wildman–Crippen MR) is 89.4 cm³/mol. The van der Waals surface area contributed by atoms with Crippen LogP contribution in [0.3, 0.4) is 0 Å². The number of hydrogen-bond donors (Lipinski definition) is 0. The fourth-order valence-electron chi connectivity index (χ4n) is 3.38. The molecule has 3 heteroatoms. The lowest BCUT2D eigenvalue weighted by Gasteiger charge is -2.29. The van der Waals surface area contributed by atoms with Gasteiger partial charge >= 0.3 is 0 Å². The van der Waals surface area contributed by atoms with Crippen LogP contribution in [-0.4, -0.2) is 17.0 Å². The molecular formula is C19H18N2O. The zero-order valence-corrected chi connectivity index (χ0v) is 12.6. The Morgan fingerprint density at radius 2 is 1.91 bits per heavy atom. The first-order chi connectivity index (χ1) is 10.8. The Morgan fingerprint density at radius 3 is 2.82 bits per heavy atom. The van der Waals surface area contributed by atoms with Crippen LogP contribution < -0.4 is 4.90 Å². The van der Waals surface area contributed by atoms with Crippen molar-refractivity contribution in [3.63, 3.8) is 0 Å². The van der Waals surface area contributed by atoms with Crippen LogP contribution in [0.1, 0.15) is 22.3 Å². The van der Waals surface area contributed by atoms with E-state index in [1.165, 1.54) is 5.56 Å². The largest absolute Gasteiger partial charge is 0.351 e. The topological polar surface area (TPSA) is 25.2 Å². The predicted octanol–water partition coefficient (Wildman–Crippen LogP) is 3.77. The first-order valence-corrected chi connectivity index (χ1v) is 7.69. The number of anilines is 1. The summed E-state index contributed by atoms with van der Waals surface area (Å²) in [5.74, 6) is 0.101. The van der Waals surface area contributed by atoms with Crippen LogP contribution in [0.2, 0.25) is 0 Å². The second-order valence-electron chi connectivity index (χ2n) is 5.85. The van der Waals surface area contributed by atoms with Crippen molar-refractivity contribution in [2.45, 2.75) is 12.8 Å². The number of hydrogen-bond acceptors (Lipinski definition) is 1. The number of aromatic nitrogens is 1. The SMILES string of the molecule is Cn1ccc2c(C(=O)N3CCCc4ccccc43)cccc21. The van der Waals surface area contributed by atoms with Gasteiger partial charge in [-0.2, -0.15) is 0 Å². The molecule has 4 rings (SSSR count). The van der Waals surface area contributed by atoms with Gasteiger partial charge in [-0.25, -0.2) is 0 Å². The first-order valence-electron chi connectivity index (χ1n) is 7.69. The van der Waals surface area contributed by atoms with Crippen LogP contribution in [0.5, 0.6) is 0 Å². The third-order valence-electron chi connectivity index (χ3n) is 4.51. The molecule has 0 N–H and O–H groups in total. The van der Waals surface area contributed by atoms with E-state index in [0.29, 0.717) is 0 Å². The number of rotatable bonds is 1. The van der Waals surface area contributed by atoms with E-state index in [-0.39, 0.29) is 5.91 Å². The summed E-state index contributed by atoms with van der Waals surface area (Å²) in [6.45, 7) is 0.791. The Bertz CT molecular complexity index is 863. The number of benzene rings is 2. The summed E-state index contributed by atoms with van der Waals surface area (Å²) in [4.78, 5) is 15.0. The number of aryl methyl sites for hydroxylation is 2. The van der Waals surface area contributed by atoms with Crippen LogP contribution >= 0.6 is 0 Å². The van der Waals surface area contributed by atoms with Gasteiger partial charge in [0.1, 0.15) is 0 Å². The Labute approximate surface area is 129 Å². The molecule has 0 saturated carbocycles. The lowest BCUT2D eigenvalue weighted by Crippen LogP contribution is -2.35. The Kier molecular flexibility index (Phi) is 3.00. The summed E-state index contributed by atoms with van der Waals surface area (Å²) in [5, 5.41) is 1.03. The molecule has 0 bridgehead atoms. The number of carbonyl (C=O) groups is 1. The second-order valence-corrected chi connectivity index (χ2v) is 5.85. The molecule has 0 aliphatic carbocycles. The van der Waals surface area contributed by atoms with Gasteiger partial charge in [-0.1, -0.05) is 24.3 Å². The normalized spacial score (nSPS) is 14.1. The van der Waals surface area contributed by atoms with Crippen LogP contribution in [0.15, 0.2) is 54.7 Å². The average molecular weight is 290 g/mol. The minimum absolute atomic E-state index is 0.101. The Hall–Kier alpha value is -2.55. The lowest BCUT2D eigenvalue weighted by atomic mass is 10.00. The van der Waals surface area contributed by atoms with Crippen molar-refractivity contribution >= 4 is 22.5 Å². The van der Waals surface area contributed by atoms with Crippen LogP contribution in [0, 0.1) is 0 Å². The highest BCUT2D eigenvalue weighted by Gasteiger charge is 2.24. The van der Waals surface area contributed by atoms with Gasteiger partial charge in [-0.15, -0.1) is 0 Å². The highest BCUT2D eigenvalue weighted by Crippen LogP contribution is 2.29. The van der Waals surface area contributed by atoms with E-state index >= 15 is 0 Å². The van der Waals surface area contributed by atoms with Crippen molar-refractivity contribution < 1.29 is 4.79 Å². The van der Waals surface area contributed by atoms with E-state index in [1.807, 2.05) is 48.5 Å². The summed E-state index contributed by atoms with van der Waals surface area (Å²) in [6.07, 6.45) is 4.08. The van der Waals surface area contributed by atoms with E-state index in [2.05, 4.69) is 22.8 Å². The minimum atomic E-state index is 0.101. The van der Waals surface area contributed by atoms with Crippen LogP contribution in [-0.2, 0) is 13.5 Å². The molecule has 0 unspecified atom stereocenters. The first kappa shape index (κ1) is 13.1. The molecule has 0 radical (unpaired) electrons. The molecule has 110 valence electrons. The maximum absolute atomic E-state index is 13.1. The van der Waals surface area contributed by atoms with E-state index < -0.39 is 0 Å². The fourth-order valence-corrected chi connectivity index (χ4v) is 3.38. The summed E-state index contributed by atoms with van der Waals surface area (Å²) < 4.78 is 2.05. The summed E-state index contributed by atoms with van der Waals surface area (Å²) in [7, 11) is 2.01. The summed E-state index contributed by atoms with van der Waals surface area (Å²) in [6, 6.07) is 16.2. The number of nitrogens with zero attached hydrogens (tertiary/aromatic N) is 2. The van der Waals surface area contributed by atoms with Gasteiger partial charge in [0.25, 0.3) is 5.91 Å². The quantitative estimate of drug-likeness (QED) is 0.669. The van der Waals surface area contributed by atoms with Crippen LogP contribution in [0.4, 0.5) is 5.69 Å². The smallest absolute Gasteiger partial charge is 0.258 e. The molecule has 0 saturated heterocycles. The van der Waals surface area contributed by atoms with E-state index in [9.17, 15) is 4.79 Å². The van der Waals surface area contributed by atoms with Gasteiger partial charge in [-0.05, 0) is 42.7 Å². The third kappa shape index (κ3) is 1.93. The number of para-hydroxylation sites is 1. The van der Waals surface area contributed by atoms with E-state index in [4.69, 9.17) is 0 Å². The number of amides is 1. The van der Waals surface area contributed by atoms with Crippen molar-refractivity contribution in [2.24, 2.45) is 7.05 Å². The van der Waals surface area contributed by atoms with Crippen molar-refractivity contribution in [1.82, 2.24) is 4.57 Å². The molecule has 1 aromatic heterocycles. The van der Waals surface area contributed by atoms with Crippen molar-refractivity contribution in [3.05, 3.63) is 65.9 Å². The monoisotopic (exact) mass is 290 g/mol. The van der Waals surface area contributed by atoms with Gasteiger partial charge in [0, 0.05) is 41.9 Å². The number of fused-ring (bicyclic) bond motifs is 2. The van der Waals surface area contributed by atoms with E-state index in [0.717, 1.165) is 41.5 Å². The molecular weight excluding hydrogens is 272 g/mol. The molecule has 0 spiro atoms. The maximum Gasteiger partial charge on any atom is 0.258 e. The standard InChI is InChI=1S/C19H18N2O/c1-20-13-11-15-16(8-4-10-18(15)20)19(22)21-12-5-7-14-6-2-3-9-17(14)21/h2-4,6,8-11,13H,5,7,12H2,1H3. The summed E-state index contributed by atoms with van der Waals surface area (Å²) >= 11 is 0. The van der Waals surface area contributed by atoms with Gasteiger partial charge in [0.2, 0.25) is 0 Å². The average Bonchev–Trinajstić information content (AvgIpc) is 2.95. The van der Waals surface area contributed by atoms with Gasteiger partial charge in [-0.3, -0.25) is 4.79 Å². The number of carbonyl (C=O) groups excluding carboxylic acids is 1. The highest BCUT2D eigenvalue weighted by atomic mass is 16.2. The zero-order valence-electron chi connectivity index (χ0n) is 12.6. The van der Waals surface area contributed by atoms with Crippen molar-refractivity contribution in [3.8, 4) is 0 Å². The van der Waals surface area contributed by atoms with Crippen molar-refractivity contribution in [1.29, 1.82) is 0 Å². The second kappa shape index (κ2) is 5.02. The third-order valence-corrected chi connectivity index (χ3v) is 4.51. The molecule has 0 atom stereocenters. The fraction of sp³-hybridized carbons (Fsp3) is 0.211. The van der Waals surface area contributed by atoms with Gasteiger partial charge < -0.3 is 9.47 Å². The van der Waals surface area contributed by atoms with Crippen molar-refractivity contribution in [2.75, 3.05) is 11.4 Å². The molecule has 3 aromatic rings. The molecule has 1 aliphatic heterocycles. The highest BCUT2D eigenvalue weighted by molar-refractivity contribution is 6.14. The Morgan fingerprint density at radius 1 is 1.05 bits per heavy atom. The Balaban J connectivity index is 1.82. The van der Waals surface area contributed by atoms with E-state index in [1.54, 1.807) is 0 Å². The maximum atomic E-state index is 13.1. The molecule has 0 fully saturated rings. The minimum Gasteiger partial charge on any atom is -0.351 e. The molecule has 3 nitrogen and oxygen atoms in total. The zero-order chi connectivity index (χ0) is 15.1. The lowest BCUT2D eigenvalue weighted by molar-refractivity contribution is 0.0986. The van der Waals surface area contributed by atoms with Crippen LogP contribution in [0.25, 0.3) is 10.9 Å². The molecule has 22 heavy (non-hydrogen) atoms. The van der Waals surface area contributed by atoms with Gasteiger partial charge in [0.05, 0.1) is 0 Å². The van der Waals surface area contributed by atoms with Gasteiger partial charge in [0.15, 0.2) is 0 Å². The molecule has 2 heterocycles. The molecule has 2 aromatic carbocycles. The summed E-state index contributed by atoms with van der Waals surface area (Å²) in [5.41, 5.74) is 4.21.